The Hall–Kier alpha value is -3.75. The molecule has 1 heterocycles. The van der Waals surface area contributed by atoms with Crippen LogP contribution in [0.15, 0.2) is 47.0 Å². The second-order valence-electron chi connectivity index (χ2n) is 5.73. The van der Waals surface area contributed by atoms with E-state index < -0.39 is 10.8 Å². The third-order valence-electron chi connectivity index (χ3n) is 3.72. The highest BCUT2D eigenvalue weighted by atomic mass is 16.6. The van der Waals surface area contributed by atoms with Crippen molar-refractivity contribution in [2.24, 2.45) is 0 Å². The quantitative estimate of drug-likeness (QED) is 0.522. The van der Waals surface area contributed by atoms with E-state index >= 15 is 0 Å². The number of nitro groups is 1. The number of anilines is 1. The fourth-order valence-corrected chi connectivity index (χ4v) is 2.40. The number of nitrogens with one attached hydrogen (secondary N) is 1. The third-order valence-corrected chi connectivity index (χ3v) is 3.72. The van der Waals surface area contributed by atoms with E-state index in [0.717, 1.165) is 0 Å². The number of aryl methyl sites for hydroxylation is 2. The summed E-state index contributed by atoms with van der Waals surface area (Å²) in [6, 6.07) is 11.1. The maximum absolute atomic E-state index is 12.6. The van der Waals surface area contributed by atoms with Crippen LogP contribution in [-0.2, 0) is 6.61 Å². The molecule has 27 heavy (non-hydrogen) atoms. The molecule has 1 N–H and O–H groups in total. The zero-order valence-corrected chi connectivity index (χ0v) is 14.6. The fraction of sp³-hybridized carbons (Fsp3) is 0.167. The van der Waals surface area contributed by atoms with E-state index in [2.05, 4.69) is 15.5 Å². The molecule has 1 aromatic heterocycles. The van der Waals surface area contributed by atoms with Crippen LogP contribution in [0.3, 0.4) is 0 Å². The minimum Gasteiger partial charge on any atom is -0.485 e. The van der Waals surface area contributed by atoms with Crippen LogP contribution in [-0.4, -0.2) is 21.0 Å². The third kappa shape index (κ3) is 4.27. The number of nitrogens with zero attached hydrogens (tertiary/aromatic N) is 3. The molecule has 0 aliphatic heterocycles. The topological polar surface area (TPSA) is 120 Å². The van der Waals surface area contributed by atoms with Gasteiger partial charge in [-0.1, -0.05) is 23.4 Å². The standard InChI is InChI=1S/C18H16N4O5/c1-11-7-8-13(9-15(11)22(24)25)20-18(23)14-5-3-4-6-16(14)26-10-17-19-12(2)27-21-17/h3-9H,10H2,1-2H3,(H,20,23). The molecule has 9 heteroatoms. The molecule has 0 atom stereocenters. The lowest BCUT2D eigenvalue weighted by Crippen LogP contribution is -2.14. The Balaban J connectivity index is 1.77. The number of benzene rings is 2. The van der Waals surface area contributed by atoms with Crippen molar-refractivity contribution in [1.29, 1.82) is 0 Å². The van der Waals surface area contributed by atoms with Crippen molar-refractivity contribution >= 4 is 17.3 Å². The van der Waals surface area contributed by atoms with Crippen LogP contribution in [0.5, 0.6) is 5.75 Å². The van der Waals surface area contributed by atoms with Gasteiger partial charge in [-0.25, -0.2) is 0 Å². The number of amides is 1. The zero-order chi connectivity index (χ0) is 19.4. The first-order valence-electron chi connectivity index (χ1n) is 8.01. The van der Waals surface area contributed by atoms with Gasteiger partial charge in [-0.3, -0.25) is 14.9 Å². The van der Waals surface area contributed by atoms with Gasteiger partial charge in [-0.2, -0.15) is 4.98 Å². The summed E-state index contributed by atoms with van der Waals surface area (Å²) in [5, 5.41) is 17.4. The van der Waals surface area contributed by atoms with Crippen molar-refractivity contribution in [2.75, 3.05) is 5.32 Å². The van der Waals surface area contributed by atoms with Crippen molar-refractivity contribution in [1.82, 2.24) is 10.1 Å². The molecule has 3 rings (SSSR count). The van der Waals surface area contributed by atoms with Gasteiger partial charge >= 0.3 is 0 Å². The number of rotatable bonds is 6. The molecule has 0 spiro atoms. The number of nitro benzene ring substituents is 1. The van der Waals surface area contributed by atoms with E-state index in [4.69, 9.17) is 9.26 Å². The van der Waals surface area contributed by atoms with Crippen LogP contribution in [0.25, 0.3) is 0 Å². The average Bonchev–Trinajstić information content (AvgIpc) is 3.07. The monoisotopic (exact) mass is 368 g/mol. The summed E-state index contributed by atoms with van der Waals surface area (Å²) in [6.07, 6.45) is 0. The van der Waals surface area contributed by atoms with E-state index in [1.807, 2.05) is 0 Å². The van der Waals surface area contributed by atoms with Crippen LogP contribution in [0, 0.1) is 24.0 Å². The Morgan fingerprint density at radius 1 is 1.26 bits per heavy atom. The molecule has 138 valence electrons. The SMILES string of the molecule is Cc1nc(COc2ccccc2C(=O)Nc2ccc(C)c([N+](=O)[O-])c2)no1. The molecule has 0 aliphatic rings. The number of hydrogen-bond acceptors (Lipinski definition) is 7. The number of ether oxygens (including phenoxy) is 1. The highest BCUT2D eigenvalue weighted by Gasteiger charge is 2.16. The Bertz CT molecular complexity index is 999. The van der Waals surface area contributed by atoms with E-state index in [0.29, 0.717) is 28.7 Å². The lowest BCUT2D eigenvalue weighted by molar-refractivity contribution is -0.385. The summed E-state index contributed by atoms with van der Waals surface area (Å²) in [5.41, 5.74) is 1.05. The number of hydrogen-bond donors (Lipinski definition) is 1. The molecular weight excluding hydrogens is 352 g/mol. The zero-order valence-electron chi connectivity index (χ0n) is 14.6. The summed E-state index contributed by atoms with van der Waals surface area (Å²) < 4.78 is 10.5. The molecule has 0 aliphatic carbocycles. The maximum Gasteiger partial charge on any atom is 0.274 e. The molecule has 1 amide bonds. The second kappa shape index (κ2) is 7.65. The first-order valence-corrected chi connectivity index (χ1v) is 8.01. The van der Waals surface area contributed by atoms with Gasteiger partial charge in [-0.15, -0.1) is 0 Å². The van der Waals surface area contributed by atoms with E-state index in [9.17, 15) is 14.9 Å². The number of carbonyl (C=O) groups excluding carboxylic acids is 1. The fourth-order valence-electron chi connectivity index (χ4n) is 2.40. The van der Waals surface area contributed by atoms with E-state index in [1.54, 1.807) is 50.2 Å². The predicted molar refractivity (Wildman–Crippen MR) is 95.6 cm³/mol. The molecule has 0 saturated heterocycles. The van der Waals surface area contributed by atoms with Gasteiger partial charge in [0.1, 0.15) is 5.75 Å². The van der Waals surface area contributed by atoms with Crippen molar-refractivity contribution in [3.63, 3.8) is 0 Å². The average molecular weight is 368 g/mol. The lowest BCUT2D eigenvalue weighted by Gasteiger charge is -2.11. The summed E-state index contributed by atoms with van der Waals surface area (Å²) in [5.74, 6) is 0.657. The van der Waals surface area contributed by atoms with Gasteiger partial charge in [0.2, 0.25) is 11.7 Å². The van der Waals surface area contributed by atoms with Gasteiger partial charge in [0.25, 0.3) is 11.6 Å². The molecule has 9 nitrogen and oxygen atoms in total. The van der Waals surface area contributed by atoms with Crippen LogP contribution in [0.1, 0.15) is 27.6 Å². The minimum absolute atomic E-state index is 0.0393. The molecule has 0 radical (unpaired) electrons. The molecule has 2 aromatic carbocycles. The minimum atomic E-state index is -0.491. The smallest absolute Gasteiger partial charge is 0.274 e. The molecule has 0 saturated carbocycles. The molecular formula is C18H16N4O5. The first kappa shape index (κ1) is 18.1. The largest absolute Gasteiger partial charge is 0.485 e. The van der Waals surface area contributed by atoms with Crippen LogP contribution in [0.4, 0.5) is 11.4 Å². The summed E-state index contributed by atoms with van der Waals surface area (Å²) in [6.45, 7) is 3.34. The highest BCUT2D eigenvalue weighted by molar-refractivity contribution is 6.06. The first-order chi connectivity index (χ1) is 12.9. The summed E-state index contributed by atoms with van der Waals surface area (Å²) >= 11 is 0. The van der Waals surface area contributed by atoms with E-state index in [-0.39, 0.29) is 17.9 Å². The van der Waals surface area contributed by atoms with Crippen molar-refractivity contribution in [3.8, 4) is 5.75 Å². The Morgan fingerprint density at radius 3 is 2.74 bits per heavy atom. The number of carbonyl (C=O) groups is 1. The van der Waals surface area contributed by atoms with Crippen molar-refractivity contribution in [2.45, 2.75) is 20.5 Å². The maximum atomic E-state index is 12.6. The Morgan fingerprint density at radius 2 is 2.04 bits per heavy atom. The van der Waals surface area contributed by atoms with Gasteiger partial charge in [0.05, 0.1) is 10.5 Å². The Kier molecular flexibility index (Phi) is 5.11. The van der Waals surface area contributed by atoms with Crippen LogP contribution < -0.4 is 10.1 Å². The van der Waals surface area contributed by atoms with Crippen molar-refractivity contribution in [3.05, 3.63) is 75.4 Å². The lowest BCUT2D eigenvalue weighted by atomic mass is 10.1. The summed E-state index contributed by atoms with van der Waals surface area (Å²) in [7, 11) is 0. The summed E-state index contributed by atoms with van der Waals surface area (Å²) in [4.78, 5) is 27.2. The van der Waals surface area contributed by atoms with Gasteiger partial charge in [-0.05, 0) is 25.1 Å². The van der Waals surface area contributed by atoms with Crippen molar-refractivity contribution < 1.29 is 19.0 Å². The highest BCUT2D eigenvalue weighted by Crippen LogP contribution is 2.24. The second-order valence-corrected chi connectivity index (χ2v) is 5.73. The Labute approximate surface area is 154 Å². The molecule has 0 unspecified atom stereocenters. The predicted octanol–water partition coefficient (Wildman–Crippen LogP) is 3.43. The number of aromatic nitrogens is 2. The normalized spacial score (nSPS) is 10.4. The van der Waals surface area contributed by atoms with Gasteiger partial charge in [0, 0.05) is 24.2 Å². The van der Waals surface area contributed by atoms with Crippen LogP contribution >= 0.6 is 0 Å². The van der Waals surface area contributed by atoms with Crippen LogP contribution in [0.2, 0.25) is 0 Å². The van der Waals surface area contributed by atoms with E-state index in [1.165, 1.54) is 6.07 Å². The van der Waals surface area contributed by atoms with Gasteiger partial charge < -0.3 is 14.6 Å². The number of para-hydroxylation sites is 1. The molecule has 0 fully saturated rings. The molecule has 3 aromatic rings. The molecule has 0 bridgehead atoms. The van der Waals surface area contributed by atoms with Gasteiger partial charge in [0.15, 0.2) is 6.61 Å².